The van der Waals surface area contributed by atoms with E-state index < -0.39 is 5.41 Å². The number of aryl methyl sites for hydroxylation is 2. The number of aldehydes is 1. The zero-order valence-electron chi connectivity index (χ0n) is 15.4. The molecule has 134 valence electrons. The van der Waals surface area contributed by atoms with Gasteiger partial charge in [0.1, 0.15) is 12.0 Å². The van der Waals surface area contributed by atoms with Crippen molar-refractivity contribution < 1.29 is 19.1 Å². The van der Waals surface area contributed by atoms with Crippen molar-refractivity contribution >= 4 is 12.3 Å². The van der Waals surface area contributed by atoms with Crippen LogP contribution >= 0.6 is 0 Å². The Morgan fingerprint density at radius 1 is 1.12 bits per heavy atom. The summed E-state index contributed by atoms with van der Waals surface area (Å²) in [6, 6.07) is 6.15. The average Bonchev–Trinajstić information content (AvgIpc) is 2.54. The third-order valence-corrected chi connectivity index (χ3v) is 4.05. The highest BCUT2D eigenvalue weighted by atomic mass is 16.5. The Hall–Kier alpha value is -1.84. The molecular weight excluding hydrogens is 304 g/mol. The van der Waals surface area contributed by atoms with E-state index >= 15 is 0 Å². The van der Waals surface area contributed by atoms with Crippen LogP contribution in [0.5, 0.6) is 5.75 Å². The smallest absolute Gasteiger partial charge is 0.311 e. The summed E-state index contributed by atoms with van der Waals surface area (Å²) in [6.45, 7) is 8.84. The summed E-state index contributed by atoms with van der Waals surface area (Å²) in [7, 11) is 0. The van der Waals surface area contributed by atoms with Crippen molar-refractivity contribution in [2.24, 2.45) is 5.41 Å². The summed E-state index contributed by atoms with van der Waals surface area (Å²) in [5, 5.41) is 0. The van der Waals surface area contributed by atoms with E-state index in [9.17, 15) is 9.59 Å². The number of carbonyl (C=O) groups is 2. The number of hydrogen-bond acceptors (Lipinski definition) is 4. The van der Waals surface area contributed by atoms with Crippen LogP contribution < -0.4 is 4.74 Å². The first kappa shape index (κ1) is 20.2. The van der Waals surface area contributed by atoms with Crippen molar-refractivity contribution in [1.82, 2.24) is 0 Å². The number of hydrogen-bond donors (Lipinski definition) is 0. The van der Waals surface area contributed by atoms with Gasteiger partial charge in [-0.3, -0.25) is 4.79 Å². The highest BCUT2D eigenvalue weighted by molar-refractivity contribution is 5.75. The Balaban J connectivity index is 2.30. The quantitative estimate of drug-likeness (QED) is 0.342. The molecule has 0 N–H and O–H groups in total. The molecule has 4 nitrogen and oxygen atoms in total. The monoisotopic (exact) mass is 334 g/mol. The highest BCUT2D eigenvalue weighted by Gasteiger charge is 2.28. The zero-order chi connectivity index (χ0) is 18.0. The Morgan fingerprint density at radius 2 is 1.88 bits per heavy atom. The fourth-order valence-corrected chi connectivity index (χ4v) is 2.35. The Kier molecular flexibility index (Phi) is 8.51. The first-order valence-corrected chi connectivity index (χ1v) is 8.68. The summed E-state index contributed by atoms with van der Waals surface area (Å²) in [6.07, 6.45) is 4.42. The maximum atomic E-state index is 12.1. The summed E-state index contributed by atoms with van der Waals surface area (Å²) in [5.41, 5.74) is 1.78. The minimum Gasteiger partial charge on any atom is -0.493 e. The van der Waals surface area contributed by atoms with E-state index in [0.29, 0.717) is 26.1 Å². The number of rotatable bonds is 11. The molecule has 1 aromatic carbocycles. The molecule has 0 heterocycles. The van der Waals surface area contributed by atoms with Gasteiger partial charge in [0.25, 0.3) is 0 Å². The van der Waals surface area contributed by atoms with Crippen LogP contribution in [0.25, 0.3) is 0 Å². The van der Waals surface area contributed by atoms with E-state index in [1.807, 2.05) is 33.8 Å². The SMILES string of the molecule is Cc1ccc(C)c(OCCCC(C)(C)C(=O)OCCCCC=O)c1. The van der Waals surface area contributed by atoms with Gasteiger partial charge in [0.15, 0.2) is 0 Å². The van der Waals surface area contributed by atoms with Gasteiger partial charge in [-0.1, -0.05) is 12.1 Å². The summed E-state index contributed by atoms with van der Waals surface area (Å²) >= 11 is 0. The molecule has 1 rings (SSSR count). The van der Waals surface area contributed by atoms with Crippen molar-refractivity contribution in [3.05, 3.63) is 29.3 Å². The number of esters is 1. The van der Waals surface area contributed by atoms with Crippen LogP contribution in [0, 0.1) is 19.3 Å². The highest BCUT2D eigenvalue weighted by Crippen LogP contribution is 2.25. The van der Waals surface area contributed by atoms with Gasteiger partial charge in [-0.25, -0.2) is 0 Å². The molecule has 0 saturated carbocycles. The lowest BCUT2D eigenvalue weighted by atomic mass is 9.88. The molecule has 0 fully saturated rings. The maximum Gasteiger partial charge on any atom is 0.311 e. The van der Waals surface area contributed by atoms with E-state index in [1.54, 1.807) is 0 Å². The van der Waals surface area contributed by atoms with Crippen molar-refractivity contribution in [2.45, 2.75) is 59.8 Å². The first-order valence-electron chi connectivity index (χ1n) is 8.68. The Morgan fingerprint density at radius 3 is 2.58 bits per heavy atom. The van der Waals surface area contributed by atoms with E-state index in [2.05, 4.69) is 12.1 Å². The molecule has 0 unspecified atom stereocenters. The molecule has 0 aliphatic rings. The summed E-state index contributed by atoms with van der Waals surface area (Å²) in [5.74, 6) is 0.728. The molecule has 0 aliphatic carbocycles. The fraction of sp³-hybridized carbons (Fsp3) is 0.600. The van der Waals surface area contributed by atoms with Gasteiger partial charge < -0.3 is 14.3 Å². The maximum absolute atomic E-state index is 12.1. The molecule has 0 atom stereocenters. The van der Waals surface area contributed by atoms with Gasteiger partial charge >= 0.3 is 5.97 Å². The third kappa shape index (κ3) is 7.16. The molecule has 1 aromatic rings. The largest absolute Gasteiger partial charge is 0.493 e. The van der Waals surface area contributed by atoms with Crippen molar-refractivity contribution in [1.29, 1.82) is 0 Å². The fourth-order valence-electron chi connectivity index (χ4n) is 2.35. The van der Waals surface area contributed by atoms with Crippen LogP contribution in [0.1, 0.15) is 57.1 Å². The predicted molar refractivity (Wildman–Crippen MR) is 95.3 cm³/mol. The minimum absolute atomic E-state index is 0.180. The topological polar surface area (TPSA) is 52.6 Å². The number of ether oxygens (including phenoxy) is 2. The van der Waals surface area contributed by atoms with Crippen molar-refractivity contribution in [3.63, 3.8) is 0 Å². The van der Waals surface area contributed by atoms with Gasteiger partial charge in [0.05, 0.1) is 18.6 Å². The van der Waals surface area contributed by atoms with E-state index in [4.69, 9.17) is 9.47 Å². The third-order valence-electron chi connectivity index (χ3n) is 4.05. The number of carbonyl (C=O) groups excluding carboxylic acids is 2. The van der Waals surface area contributed by atoms with Crippen molar-refractivity contribution in [2.75, 3.05) is 13.2 Å². The van der Waals surface area contributed by atoms with E-state index in [0.717, 1.165) is 36.9 Å². The second-order valence-corrected chi connectivity index (χ2v) is 6.90. The normalized spacial score (nSPS) is 11.2. The van der Waals surface area contributed by atoms with Gasteiger partial charge in [-0.2, -0.15) is 0 Å². The van der Waals surface area contributed by atoms with E-state index in [-0.39, 0.29) is 5.97 Å². The molecule has 0 bridgehead atoms. The molecule has 4 heteroatoms. The van der Waals surface area contributed by atoms with E-state index in [1.165, 1.54) is 5.56 Å². The lowest BCUT2D eigenvalue weighted by Crippen LogP contribution is -2.27. The van der Waals surface area contributed by atoms with Gasteiger partial charge in [0, 0.05) is 6.42 Å². The molecule has 24 heavy (non-hydrogen) atoms. The minimum atomic E-state index is -0.518. The van der Waals surface area contributed by atoms with Gasteiger partial charge in [0.2, 0.25) is 0 Å². The lowest BCUT2D eigenvalue weighted by Gasteiger charge is -2.22. The van der Waals surface area contributed by atoms with Crippen molar-refractivity contribution in [3.8, 4) is 5.75 Å². The Bertz CT molecular complexity index is 534. The van der Waals surface area contributed by atoms with Crippen LogP contribution in [0.2, 0.25) is 0 Å². The van der Waals surface area contributed by atoms with Gasteiger partial charge in [-0.15, -0.1) is 0 Å². The van der Waals surface area contributed by atoms with Crippen LogP contribution in [0.3, 0.4) is 0 Å². The number of benzene rings is 1. The Labute approximate surface area is 145 Å². The molecule has 0 aliphatic heterocycles. The molecular formula is C20H30O4. The standard InChI is InChI=1S/C20H30O4/c1-16-9-10-17(2)18(15-16)23-14-8-11-20(3,4)19(22)24-13-7-5-6-12-21/h9-10,12,15H,5-8,11,13-14H2,1-4H3. The molecule has 0 radical (unpaired) electrons. The second-order valence-electron chi connectivity index (χ2n) is 6.90. The molecule has 0 amide bonds. The number of unbranched alkanes of at least 4 members (excludes halogenated alkanes) is 2. The zero-order valence-corrected chi connectivity index (χ0v) is 15.4. The van der Waals surface area contributed by atoms with Crippen LogP contribution in [-0.4, -0.2) is 25.5 Å². The molecule has 0 spiro atoms. The van der Waals surface area contributed by atoms with Crippen LogP contribution in [0.15, 0.2) is 18.2 Å². The summed E-state index contributed by atoms with van der Waals surface area (Å²) in [4.78, 5) is 22.4. The molecule has 0 aromatic heterocycles. The average molecular weight is 334 g/mol. The van der Waals surface area contributed by atoms with Crippen LogP contribution in [0.4, 0.5) is 0 Å². The van der Waals surface area contributed by atoms with Crippen LogP contribution in [-0.2, 0) is 14.3 Å². The lowest BCUT2D eigenvalue weighted by molar-refractivity contribution is -0.154. The first-order chi connectivity index (χ1) is 11.4. The molecule has 0 saturated heterocycles. The van der Waals surface area contributed by atoms with Gasteiger partial charge in [-0.05, 0) is 70.6 Å². The second kappa shape index (κ2) is 10.1. The summed E-state index contributed by atoms with van der Waals surface area (Å²) < 4.78 is 11.1. The predicted octanol–water partition coefficient (Wildman–Crippen LogP) is 4.40.